The Bertz CT molecular complexity index is 1180. The molecule has 0 bridgehead atoms. The van der Waals surface area contributed by atoms with E-state index in [1.54, 1.807) is 0 Å². The Labute approximate surface area is 181 Å². The van der Waals surface area contributed by atoms with Gasteiger partial charge in [-0.05, 0) is 58.7 Å². The van der Waals surface area contributed by atoms with E-state index in [1.807, 2.05) is 24.3 Å². The average molecular weight is 440 g/mol. The lowest BCUT2D eigenvalue weighted by Crippen LogP contribution is -2.51. The SMILES string of the molecule is O=C1NC2(CCc3ccccc3C2)C(=O)N1Cc1nnnn1-c1ccc(OC(F)F)cc1. The Morgan fingerprint density at radius 1 is 1.09 bits per heavy atom. The molecule has 2 aliphatic rings. The Hall–Kier alpha value is -3.89. The van der Waals surface area contributed by atoms with Crippen molar-refractivity contribution in [2.45, 2.75) is 38.0 Å². The van der Waals surface area contributed by atoms with Crippen molar-refractivity contribution in [1.82, 2.24) is 30.4 Å². The van der Waals surface area contributed by atoms with Crippen molar-refractivity contribution in [3.05, 3.63) is 65.5 Å². The van der Waals surface area contributed by atoms with Crippen LogP contribution in [0.4, 0.5) is 13.6 Å². The number of benzene rings is 2. The highest BCUT2D eigenvalue weighted by molar-refractivity contribution is 6.07. The van der Waals surface area contributed by atoms with Crippen LogP contribution >= 0.6 is 0 Å². The van der Waals surface area contributed by atoms with Gasteiger partial charge >= 0.3 is 12.6 Å². The van der Waals surface area contributed by atoms with Crippen LogP contribution in [0.25, 0.3) is 5.69 Å². The molecule has 1 unspecified atom stereocenters. The summed E-state index contributed by atoms with van der Waals surface area (Å²) in [5.74, 6) is -0.0662. The zero-order valence-corrected chi connectivity index (χ0v) is 16.7. The van der Waals surface area contributed by atoms with Gasteiger partial charge in [-0.2, -0.15) is 13.5 Å². The number of aryl methyl sites for hydroxylation is 1. The number of ether oxygens (including phenoxy) is 1. The van der Waals surface area contributed by atoms with Crippen molar-refractivity contribution in [3.63, 3.8) is 0 Å². The number of carbonyl (C=O) groups excluding carboxylic acids is 2. The van der Waals surface area contributed by atoms with Crippen LogP contribution in [0.3, 0.4) is 0 Å². The van der Waals surface area contributed by atoms with E-state index >= 15 is 0 Å². The highest BCUT2D eigenvalue weighted by Crippen LogP contribution is 2.34. The van der Waals surface area contributed by atoms with Crippen LogP contribution in [-0.2, 0) is 24.2 Å². The standard InChI is InChI=1S/C21H18F2N6O3/c22-19(23)32-16-7-5-15(6-8-16)29-17(25-26-27-29)12-28-18(30)21(24-20(28)31)10-9-13-3-1-2-4-14(13)11-21/h1-8,19H,9-12H2,(H,24,31). The Kier molecular flexibility index (Phi) is 4.80. The van der Waals surface area contributed by atoms with E-state index in [4.69, 9.17) is 0 Å². The number of aromatic nitrogens is 4. The fraction of sp³-hybridized carbons (Fsp3) is 0.286. The summed E-state index contributed by atoms with van der Waals surface area (Å²) in [5.41, 5.74) is 1.73. The van der Waals surface area contributed by atoms with Crippen LogP contribution in [0.5, 0.6) is 5.75 Å². The number of rotatable bonds is 5. The number of hydrogen-bond donors (Lipinski definition) is 1. The summed E-state index contributed by atoms with van der Waals surface area (Å²) in [6.45, 7) is -3.06. The van der Waals surface area contributed by atoms with Gasteiger partial charge in [0.15, 0.2) is 5.82 Å². The summed E-state index contributed by atoms with van der Waals surface area (Å²) in [6.07, 6.45) is 1.64. The molecule has 32 heavy (non-hydrogen) atoms. The summed E-state index contributed by atoms with van der Waals surface area (Å²) in [6, 6.07) is 13.1. The van der Waals surface area contributed by atoms with Gasteiger partial charge in [-0.25, -0.2) is 4.79 Å². The first-order valence-electron chi connectivity index (χ1n) is 9.99. The van der Waals surface area contributed by atoms with E-state index in [-0.39, 0.29) is 24.0 Å². The Morgan fingerprint density at radius 3 is 2.59 bits per heavy atom. The van der Waals surface area contributed by atoms with Crippen LogP contribution in [-0.4, -0.2) is 49.2 Å². The molecule has 1 saturated heterocycles. The lowest BCUT2D eigenvalue weighted by Gasteiger charge is -2.32. The van der Waals surface area contributed by atoms with Gasteiger partial charge in [-0.15, -0.1) is 5.10 Å². The van der Waals surface area contributed by atoms with E-state index in [9.17, 15) is 18.4 Å². The average Bonchev–Trinajstić information content (AvgIpc) is 3.33. The van der Waals surface area contributed by atoms with Gasteiger partial charge in [0.2, 0.25) is 0 Å². The minimum atomic E-state index is -2.93. The maximum atomic E-state index is 13.3. The summed E-state index contributed by atoms with van der Waals surface area (Å²) in [7, 11) is 0. The minimum Gasteiger partial charge on any atom is -0.435 e. The number of halogens is 2. The zero-order chi connectivity index (χ0) is 22.3. The van der Waals surface area contributed by atoms with E-state index < -0.39 is 18.2 Å². The van der Waals surface area contributed by atoms with Gasteiger partial charge < -0.3 is 10.1 Å². The van der Waals surface area contributed by atoms with Crippen molar-refractivity contribution in [2.75, 3.05) is 0 Å². The topological polar surface area (TPSA) is 102 Å². The monoisotopic (exact) mass is 440 g/mol. The molecule has 1 atom stereocenters. The first-order valence-corrected chi connectivity index (χ1v) is 9.99. The molecule has 3 aromatic rings. The number of amides is 3. The van der Waals surface area contributed by atoms with Gasteiger partial charge in [-0.3, -0.25) is 9.69 Å². The van der Waals surface area contributed by atoms with Crippen LogP contribution in [0, 0.1) is 0 Å². The smallest absolute Gasteiger partial charge is 0.387 e. The number of imide groups is 1. The number of alkyl halides is 2. The molecule has 3 amide bonds. The van der Waals surface area contributed by atoms with E-state index in [2.05, 4.69) is 25.6 Å². The maximum absolute atomic E-state index is 13.3. The molecule has 11 heteroatoms. The van der Waals surface area contributed by atoms with Crippen LogP contribution in [0.15, 0.2) is 48.5 Å². The Morgan fingerprint density at radius 2 is 1.84 bits per heavy atom. The number of hydrogen-bond acceptors (Lipinski definition) is 6. The lowest BCUT2D eigenvalue weighted by molar-refractivity contribution is -0.132. The van der Waals surface area contributed by atoms with Crippen molar-refractivity contribution in [3.8, 4) is 11.4 Å². The molecule has 5 rings (SSSR count). The van der Waals surface area contributed by atoms with Gasteiger partial charge in [0.25, 0.3) is 5.91 Å². The number of fused-ring (bicyclic) bond motifs is 1. The second-order valence-corrected chi connectivity index (χ2v) is 7.73. The highest BCUT2D eigenvalue weighted by Gasteiger charge is 2.52. The predicted molar refractivity (Wildman–Crippen MR) is 106 cm³/mol. The second kappa shape index (κ2) is 7.66. The normalized spacial score (nSPS) is 20.0. The lowest BCUT2D eigenvalue weighted by atomic mass is 9.78. The third-order valence-corrected chi connectivity index (χ3v) is 5.82. The molecular formula is C21H18F2N6O3. The molecular weight excluding hydrogens is 422 g/mol. The predicted octanol–water partition coefficient (Wildman–Crippen LogP) is 2.24. The van der Waals surface area contributed by atoms with E-state index in [0.717, 1.165) is 10.5 Å². The van der Waals surface area contributed by atoms with Crippen molar-refractivity contribution >= 4 is 11.9 Å². The molecule has 9 nitrogen and oxygen atoms in total. The summed E-state index contributed by atoms with van der Waals surface area (Å²) < 4.78 is 30.4. The number of tetrazole rings is 1. The molecule has 1 aliphatic heterocycles. The van der Waals surface area contributed by atoms with E-state index in [0.29, 0.717) is 24.9 Å². The molecule has 1 aromatic heterocycles. The third kappa shape index (κ3) is 3.45. The third-order valence-electron chi connectivity index (χ3n) is 5.82. The summed E-state index contributed by atoms with van der Waals surface area (Å²) in [5, 5.41) is 14.4. The number of carbonyl (C=O) groups is 2. The second-order valence-electron chi connectivity index (χ2n) is 7.73. The van der Waals surface area contributed by atoms with Gasteiger partial charge in [0.05, 0.1) is 12.2 Å². The molecule has 164 valence electrons. The highest BCUT2D eigenvalue weighted by atomic mass is 19.3. The van der Waals surface area contributed by atoms with Crippen LogP contribution < -0.4 is 10.1 Å². The van der Waals surface area contributed by atoms with Crippen molar-refractivity contribution in [1.29, 1.82) is 0 Å². The van der Waals surface area contributed by atoms with Crippen molar-refractivity contribution in [2.24, 2.45) is 0 Å². The Balaban J connectivity index is 1.36. The quantitative estimate of drug-likeness (QED) is 0.611. The van der Waals surface area contributed by atoms with Crippen molar-refractivity contribution < 1.29 is 23.1 Å². The summed E-state index contributed by atoms with van der Waals surface area (Å²) >= 11 is 0. The molecule has 1 aliphatic carbocycles. The molecule has 0 saturated carbocycles. The van der Waals surface area contributed by atoms with Crippen LogP contribution in [0.1, 0.15) is 23.4 Å². The van der Waals surface area contributed by atoms with Crippen LogP contribution in [0.2, 0.25) is 0 Å². The molecule has 1 fully saturated rings. The first kappa shape index (κ1) is 20.0. The largest absolute Gasteiger partial charge is 0.435 e. The van der Waals surface area contributed by atoms with Gasteiger partial charge in [-0.1, -0.05) is 24.3 Å². The number of nitrogens with one attached hydrogen (secondary N) is 1. The first-order chi connectivity index (χ1) is 15.4. The van der Waals surface area contributed by atoms with E-state index in [1.165, 1.54) is 34.5 Å². The molecule has 0 radical (unpaired) electrons. The maximum Gasteiger partial charge on any atom is 0.387 e. The minimum absolute atomic E-state index is 0.00741. The number of nitrogens with zero attached hydrogens (tertiary/aromatic N) is 5. The fourth-order valence-electron chi connectivity index (χ4n) is 4.26. The van der Waals surface area contributed by atoms with Gasteiger partial charge in [0.1, 0.15) is 11.3 Å². The molecule has 2 heterocycles. The number of urea groups is 1. The summed E-state index contributed by atoms with van der Waals surface area (Å²) in [4.78, 5) is 27.1. The molecule has 1 N–H and O–H groups in total. The zero-order valence-electron chi connectivity index (χ0n) is 16.7. The molecule has 2 aromatic carbocycles. The molecule has 1 spiro atoms. The fourth-order valence-corrected chi connectivity index (χ4v) is 4.26. The van der Waals surface area contributed by atoms with Gasteiger partial charge in [0, 0.05) is 6.42 Å².